The Morgan fingerprint density at radius 2 is 1.30 bits per heavy atom. The molecule has 0 radical (unpaired) electrons. The molecular formula is C18H19ClI2O2. The molecule has 2 aromatic carbocycles. The van der Waals surface area contributed by atoms with Crippen molar-refractivity contribution in [3.8, 4) is 11.5 Å². The first-order valence-corrected chi connectivity index (χ1v) is 10.2. The van der Waals surface area contributed by atoms with Crippen molar-refractivity contribution in [3.63, 3.8) is 0 Å². The van der Waals surface area contributed by atoms with E-state index in [2.05, 4.69) is 69.4 Å². The Kier molecular flexibility index (Phi) is 7.75. The molecule has 2 aromatic rings. The molecule has 0 aliphatic rings. The number of alkyl halides is 1. The van der Waals surface area contributed by atoms with Crippen LogP contribution in [0.15, 0.2) is 36.4 Å². The molecular weight excluding hydrogens is 537 g/mol. The number of halogens is 3. The average molecular weight is 557 g/mol. The van der Waals surface area contributed by atoms with Gasteiger partial charge >= 0.3 is 0 Å². The van der Waals surface area contributed by atoms with Crippen LogP contribution in [0.4, 0.5) is 0 Å². The molecule has 0 aliphatic carbocycles. The number of benzene rings is 2. The van der Waals surface area contributed by atoms with Crippen LogP contribution >= 0.6 is 56.8 Å². The van der Waals surface area contributed by atoms with Crippen molar-refractivity contribution < 1.29 is 9.47 Å². The van der Waals surface area contributed by atoms with E-state index in [0.29, 0.717) is 19.1 Å². The van der Waals surface area contributed by atoms with Crippen molar-refractivity contribution in [2.45, 2.75) is 19.8 Å². The van der Waals surface area contributed by atoms with E-state index in [1.807, 2.05) is 26.0 Å². The summed E-state index contributed by atoms with van der Waals surface area (Å²) in [7, 11) is 0. The first-order valence-electron chi connectivity index (χ1n) is 7.51. The molecule has 0 aromatic heterocycles. The molecule has 124 valence electrons. The molecule has 0 aliphatic heterocycles. The molecule has 0 atom stereocenters. The SMILES string of the molecule is CCOc1ccc(C(CCl)c2ccc(OCC)cc2I)c(I)c1. The van der Waals surface area contributed by atoms with Crippen molar-refractivity contribution in [2.75, 3.05) is 19.1 Å². The second-order valence-corrected chi connectivity index (χ2v) is 7.57. The molecule has 0 saturated heterocycles. The molecule has 23 heavy (non-hydrogen) atoms. The summed E-state index contributed by atoms with van der Waals surface area (Å²) in [6.07, 6.45) is 0. The Morgan fingerprint density at radius 3 is 1.61 bits per heavy atom. The van der Waals surface area contributed by atoms with Crippen molar-refractivity contribution >= 4 is 56.8 Å². The minimum atomic E-state index is 0.154. The maximum absolute atomic E-state index is 6.31. The predicted molar refractivity (Wildman–Crippen MR) is 113 cm³/mol. The van der Waals surface area contributed by atoms with Gasteiger partial charge in [-0.3, -0.25) is 0 Å². The molecule has 2 rings (SSSR count). The minimum Gasteiger partial charge on any atom is -0.494 e. The summed E-state index contributed by atoms with van der Waals surface area (Å²) in [6.45, 7) is 5.32. The normalized spacial score (nSPS) is 10.9. The van der Waals surface area contributed by atoms with E-state index in [-0.39, 0.29) is 5.92 Å². The Balaban J connectivity index is 2.36. The third kappa shape index (κ3) is 4.89. The number of rotatable bonds is 7. The van der Waals surface area contributed by atoms with E-state index in [9.17, 15) is 0 Å². The zero-order chi connectivity index (χ0) is 16.8. The summed E-state index contributed by atoms with van der Waals surface area (Å²) in [6, 6.07) is 12.4. The topological polar surface area (TPSA) is 18.5 Å². The van der Waals surface area contributed by atoms with Gasteiger partial charge in [0.05, 0.1) is 13.2 Å². The summed E-state index contributed by atoms with van der Waals surface area (Å²) in [5.74, 6) is 2.49. The van der Waals surface area contributed by atoms with Gasteiger partial charge < -0.3 is 9.47 Å². The van der Waals surface area contributed by atoms with Crippen LogP contribution in [0.1, 0.15) is 30.9 Å². The lowest BCUT2D eigenvalue weighted by atomic mass is 9.93. The fourth-order valence-electron chi connectivity index (χ4n) is 2.43. The maximum atomic E-state index is 6.31. The van der Waals surface area contributed by atoms with Crippen LogP contribution in [0.25, 0.3) is 0 Å². The van der Waals surface area contributed by atoms with Gasteiger partial charge in [0.1, 0.15) is 11.5 Å². The molecule has 0 fully saturated rings. The fraction of sp³-hybridized carbons (Fsp3) is 0.333. The van der Waals surface area contributed by atoms with Crippen LogP contribution < -0.4 is 9.47 Å². The zero-order valence-corrected chi connectivity index (χ0v) is 18.2. The molecule has 0 N–H and O–H groups in total. The Labute approximate surface area is 170 Å². The van der Waals surface area contributed by atoms with Crippen molar-refractivity contribution in [2.24, 2.45) is 0 Å². The van der Waals surface area contributed by atoms with Crippen LogP contribution in [0.3, 0.4) is 0 Å². The van der Waals surface area contributed by atoms with Crippen LogP contribution in [0.5, 0.6) is 11.5 Å². The third-order valence-electron chi connectivity index (χ3n) is 3.47. The third-order valence-corrected chi connectivity index (χ3v) is 5.65. The minimum absolute atomic E-state index is 0.154. The summed E-state index contributed by atoms with van der Waals surface area (Å²) in [5, 5.41) is 0. The quantitative estimate of drug-likeness (QED) is 0.305. The lowest BCUT2D eigenvalue weighted by molar-refractivity contribution is 0.340. The molecule has 0 saturated carbocycles. The van der Waals surface area contributed by atoms with Gasteiger partial charge in [-0.25, -0.2) is 0 Å². The highest BCUT2D eigenvalue weighted by atomic mass is 127. The first-order chi connectivity index (χ1) is 11.1. The maximum Gasteiger partial charge on any atom is 0.120 e. The molecule has 5 heteroatoms. The van der Waals surface area contributed by atoms with Crippen molar-refractivity contribution in [1.29, 1.82) is 0 Å². The number of hydrogen-bond acceptors (Lipinski definition) is 2. The highest BCUT2D eigenvalue weighted by Gasteiger charge is 2.19. The van der Waals surface area contributed by atoms with E-state index in [1.165, 1.54) is 18.3 Å². The predicted octanol–water partition coefficient (Wildman–Crippen LogP) is 6.06. The van der Waals surface area contributed by atoms with Gasteiger partial charge in [-0.1, -0.05) is 12.1 Å². The van der Waals surface area contributed by atoms with Gasteiger partial charge in [-0.15, -0.1) is 11.6 Å². The standard InChI is InChI=1S/C18H19ClI2O2/c1-3-22-12-5-7-14(17(20)9-12)16(11-19)15-8-6-13(23-4-2)10-18(15)21/h5-10,16H,3-4,11H2,1-2H3. The lowest BCUT2D eigenvalue weighted by Gasteiger charge is -2.19. The second-order valence-electron chi connectivity index (χ2n) is 4.94. The summed E-state index contributed by atoms with van der Waals surface area (Å²) >= 11 is 11.0. The van der Waals surface area contributed by atoms with Gasteiger partial charge in [0.15, 0.2) is 0 Å². The second kappa shape index (κ2) is 9.32. The van der Waals surface area contributed by atoms with Crippen LogP contribution in [0.2, 0.25) is 0 Å². The lowest BCUT2D eigenvalue weighted by Crippen LogP contribution is -2.07. The van der Waals surface area contributed by atoms with E-state index in [0.717, 1.165) is 11.5 Å². The smallest absolute Gasteiger partial charge is 0.120 e. The molecule has 0 spiro atoms. The van der Waals surface area contributed by atoms with Crippen LogP contribution in [-0.2, 0) is 0 Å². The average Bonchev–Trinajstić information content (AvgIpc) is 2.52. The van der Waals surface area contributed by atoms with Gasteiger partial charge in [-0.2, -0.15) is 0 Å². The van der Waals surface area contributed by atoms with E-state index < -0.39 is 0 Å². The van der Waals surface area contributed by atoms with E-state index in [1.54, 1.807) is 0 Å². The Morgan fingerprint density at radius 1 is 0.870 bits per heavy atom. The molecule has 0 heterocycles. The molecule has 0 unspecified atom stereocenters. The molecule has 2 nitrogen and oxygen atoms in total. The molecule has 0 bridgehead atoms. The fourth-order valence-corrected chi connectivity index (χ4v) is 4.49. The van der Waals surface area contributed by atoms with Gasteiger partial charge in [0.2, 0.25) is 0 Å². The monoisotopic (exact) mass is 556 g/mol. The first kappa shape index (κ1) is 19.1. The summed E-state index contributed by atoms with van der Waals surface area (Å²) in [4.78, 5) is 0. The summed E-state index contributed by atoms with van der Waals surface area (Å²) in [5.41, 5.74) is 2.46. The van der Waals surface area contributed by atoms with Crippen LogP contribution in [0, 0.1) is 7.14 Å². The highest BCUT2D eigenvalue weighted by Crippen LogP contribution is 2.35. The Hall–Kier alpha value is -0.210. The van der Waals surface area contributed by atoms with Gasteiger partial charge in [-0.05, 0) is 94.4 Å². The highest BCUT2D eigenvalue weighted by molar-refractivity contribution is 14.1. The van der Waals surface area contributed by atoms with Gasteiger partial charge in [0.25, 0.3) is 0 Å². The largest absolute Gasteiger partial charge is 0.494 e. The van der Waals surface area contributed by atoms with E-state index in [4.69, 9.17) is 21.1 Å². The van der Waals surface area contributed by atoms with E-state index >= 15 is 0 Å². The molecule has 0 amide bonds. The van der Waals surface area contributed by atoms with Crippen molar-refractivity contribution in [1.82, 2.24) is 0 Å². The van der Waals surface area contributed by atoms with Crippen LogP contribution in [-0.4, -0.2) is 19.1 Å². The number of hydrogen-bond donors (Lipinski definition) is 0. The van der Waals surface area contributed by atoms with Gasteiger partial charge in [0, 0.05) is 18.9 Å². The Bertz CT molecular complexity index is 606. The summed E-state index contributed by atoms with van der Waals surface area (Å²) < 4.78 is 13.5. The zero-order valence-electron chi connectivity index (χ0n) is 13.1. The van der Waals surface area contributed by atoms with Crippen molar-refractivity contribution in [3.05, 3.63) is 54.7 Å². The number of ether oxygens (including phenoxy) is 2.